The van der Waals surface area contributed by atoms with Crippen molar-refractivity contribution < 1.29 is 19.1 Å². The van der Waals surface area contributed by atoms with Crippen LogP contribution in [0.15, 0.2) is 24.3 Å². The van der Waals surface area contributed by atoms with E-state index in [2.05, 4.69) is 10.6 Å². The normalized spacial score (nSPS) is 11.3. The van der Waals surface area contributed by atoms with Crippen molar-refractivity contribution in [1.29, 1.82) is 0 Å². The minimum atomic E-state index is -1.00. The number of nitrogens with two attached hydrogens (primary N) is 2. The highest BCUT2D eigenvalue weighted by Gasteiger charge is 2.15. The van der Waals surface area contributed by atoms with Gasteiger partial charge in [0, 0.05) is 11.4 Å². The predicted octanol–water partition coefficient (Wildman–Crippen LogP) is 0.396. The first kappa shape index (κ1) is 16.4. The zero-order valence-electron chi connectivity index (χ0n) is 11.6. The van der Waals surface area contributed by atoms with Crippen LogP contribution in [-0.4, -0.2) is 30.6 Å². The monoisotopic (exact) mass is 294 g/mol. The Morgan fingerprint density at radius 2 is 1.67 bits per heavy atom. The highest BCUT2D eigenvalue weighted by molar-refractivity contribution is 5.97. The second-order valence-corrected chi connectivity index (χ2v) is 4.19. The number of amides is 3. The molecule has 0 fully saturated rings. The van der Waals surface area contributed by atoms with Crippen LogP contribution in [0.4, 0.5) is 16.2 Å². The van der Waals surface area contributed by atoms with Gasteiger partial charge >= 0.3 is 6.09 Å². The second-order valence-electron chi connectivity index (χ2n) is 4.19. The third-order valence-electron chi connectivity index (χ3n) is 2.43. The first-order valence-corrected chi connectivity index (χ1v) is 6.31. The summed E-state index contributed by atoms with van der Waals surface area (Å²) in [5.41, 5.74) is 11.5. The standard InChI is InChI=1S/C13H18N4O4/c1-2-21-13(20)17-9-5-3-8(4-6-9)16-12(19)10(14)7-11(15)18/h3-6,10H,2,7,14H2,1H3,(H2,15,18)(H,16,19)(H,17,20). The van der Waals surface area contributed by atoms with Gasteiger partial charge in [0.25, 0.3) is 0 Å². The lowest BCUT2D eigenvalue weighted by atomic mass is 10.2. The number of rotatable bonds is 6. The van der Waals surface area contributed by atoms with Crippen molar-refractivity contribution in [2.45, 2.75) is 19.4 Å². The van der Waals surface area contributed by atoms with E-state index in [0.717, 1.165) is 0 Å². The van der Waals surface area contributed by atoms with Crippen molar-refractivity contribution >= 4 is 29.3 Å². The van der Waals surface area contributed by atoms with Crippen molar-refractivity contribution in [2.24, 2.45) is 11.5 Å². The summed E-state index contributed by atoms with van der Waals surface area (Å²) in [6.45, 7) is 1.98. The highest BCUT2D eigenvalue weighted by Crippen LogP contribution is 2.14. The summed E-state index contributed by atoms with van der Waals surface area (Å²) in [5, 5.41) is 5.05. The number of hydrogen-bond donors (Lipinski definition) is 4. The van der Waals surface area contributed by atoms with Crippen molar-refractivity contribution in [1.82, 2.24) is 0 Å². The summed E-state index contributed by atoms with van der Waals surface area (Å²) in [6, 6.07) is 5.34. The van der Waals surface area contributed by atoms with Crippen LogP contribution in [0.25, 0.3) is 0 Å². The van der Waals surface area contributed by atoms with Crippen LogP contribution >= 0.6 is 0 Å². The molecule has 0 aliphatic heterocycles. The largest absolute Gasteiger partial charge is 0.450 e. The lowest BCUT2D eigenvalue weighted by molar-refractivity contribution is -0.123. The van der Waals surface area contributed by atoms with E-state index in [9.17, 15) is 14.4 Å². The Morgan fingerprint density at radius 3 is 2.14 bits per heavy atom. The van der Waals surface area contributed by atoms with Crippen molar-refractivity contribution in [3.63, 3.8) is 0 Å². The molecule has 6 N–H and O–H groups in total. The minimum absolute atomic E-state index is 0.228. The van der Waals surface area contributed by atoms with Crippen LogP contribution in [0.5, 0.6) is 0 Å². The molecule has 1 aromatic rings. The van der Waals surface area contributed by atoms with E-state index >= 15 is 0 Å². The van der Waals surface area contributed by atoms with Crippen LogP contribution in [0, 0.1) is 0 Å². The number of carbonyl (C=O) groups excluding carboxylic acids is 3. The maximum absolute atomic E-state index is 11.7. The molecule has 0 heterocycles. The molecule has 1 unspecified atom stereocenters. The Balaban J connectivity index is 2.56. The fraction of sp³-hybridized carbons (Fsp3) is 0.308. The predicted molar refractivity (Wildman–Crippen MR) is 77.5 cm³/mol. The van der Waals surface area contributed by atoms with E-state index in [1.165, 1.54) is 0 Å². The maximum Gasteiger partial charge on any atom is 0.411 e. The molecule has 1 rings (SSSR count). The van der Waals surface area contributed by atoms with Gasteiger partial charge in [0.05, 0.1) is 19.1 Å². The number of ether oxygens (including phenoxy) is 1. The Labute approximate surface area is 121 Å². The molecular formula is C13H18N4O4. The van der Waals surface area contributed by atoms with Gasteiger partial charge < -0.3 is 21.5 Å². The zero-order chi connectivity index (χ0) is 15.8. The average Bonchev–Trinajstić information content (AvgIpc) is 2.40. The van der Waals surface area contributed by atoms with Crippen LogP contribution < -0.4 is 22.1 Å². The number of anilines is 2. The summed E-state index contributed by atoms with van der Waals surface area (Å²) in [6.07, 6.45) is -0.785. The molecule has 1 aromatic carbocycles. The third-order valence-corrected chi connectivity index (χ3v) is 2.43. The molecule has 1 atom stereocenters. The lowest BCUT2D eigenvalue weighted by Crippen LogP contribution is -2.38. The van der Waals surface area contributed by atoms with Gasteiger partial charge in [0.2, 0.25) is 11.8 Å². The van der Waals surface area contributed by atoms with E-state index in [4.69, 9.17) is 16.2 Å². The van der Waals surface area contributed by atoms with Gasteiger partial charge in [0.1, 0.15) is 0 Å². The van der Waals surface area contributed by atoms with Crippen LogP contribution in [-0.2, 0) is 14.3 Å². The molecule has 21 heavy (non-hydrogen) atoms. The fourth-order valence-corrected chi connectivity index (χ4v) is 1.47. The van der Waals surface area contributed by atoms with Gasteiger partial charge in [0.15, 0.2) is 0 Å². The molecule has 3 amide bonds. The van der Waals surface area contributed by atoms with Crippen LogP contribution in [0.2, 0.25) is 0 Å². The van der Waals surface area contributed by atoms with Gasteiger partial charge in [-0.15, -0.1) is 0 Å². The summed E-state index contributed by atoms with van der Waals surface area (Å²) in [5.74, 6) is -1.16. The quantitative estimate of drug-likeness (QED) is 0.601. The van der Waals surface area contributed by atoms with Gasteiger partial charge in [-0.25, -0.2) is 4.79 Å². The van der Waals surface area contributed by atoms with E-state index in [0.29, 0.717) is 11.4 Å². The Hall–Kier alpha value is -2.61. The number of nitrogens with one attached hydrogen (secondary N) is 2. The van der Waals surface area contributed by atoms with E-state index in [1.54, 1.807) is 31.2 Å². The van der Waals surface area contributed by atoms with Crippen LogP contribution in [0.3, 0.4) is 0 Å². The molecule has 0 spiro atoms. The molecule has 0 aliphatic rings. The van der Waals surface area contributed by atoms with Crippen LogP contribution in [0.1, 0.15) is 13.3 Å². The Kier molecular flexibility index (Phi) is 6.15. The summed E-state index contributed by atoms with van der Waals surface area (Å²) < 4.78 is 4.73. The molecule has 0 aromatic heterocycles. The van der Waals surface area contributed by atoms with E-state index in [-0.39, 0.29) is 13.0 Å². The number of benzene rings is 1. The Bertz CT molecular complexity index is 515. The summed E-state index contributed by atoms with van der Waals surface area (Å²) >= 11 is 0. The maximum atomic E-state index is 11.7. The topological polar surface area (TPSA) is 137 Å². The van der Waals surface area contributed by atoms with Crippen molar-refractivity contribution in [3.05, 3.63) is 24.3 Å². The van der Waals surface area contributed by atoms with Gasteiger partial charge in [-0.3, -0.25) is 14.9 Å². The number of carbonyl (C=O) groups is 3. The second kappa shape index (κ2) is 7.85. The number of hydrogen-bond acceptors (Lipinski definition) is 5. The average molecular weight is 294 g/mol. The smallest absolute Gasteiger partial charge is 0.411 e. The molecule has 0 saturated carbocycles. The first-order chi connectivity index (χ1) is 9.92. The highest BCUT2D eigenvalue weighted by atomic mass is 16.5. The van der Waals surface area contributed by atoms with Crippen molar-refractivity contribution in [3.8, 4) is 0 Å². The summed E-state index contributed by atoms with van der Waals surface area (Å²) in [7, 11) is 0. The molecule has 0 radical (unpaired) electrons. The molecule has 0 bridgehead atoms. The van der Waals surface area contributed by atoms with E-state index < -0.39 is 23.9 Å². The molecule has 8 nitrogen and oxygen atoms in total. The minimum Gasteiger partial charge on any atom is -0.450 e. The fourth-order valence-electron chi connectivity index (χ4n) is 1.47. The molecule has 0 saturated heterocycles. The molecule has 114 valence electrons. The molecule has 0 aliphatic carbocycles. The van der Waals surface area contributed by atoms with Gasteiger partial charge in [-0.2, -0.15) is 0 Å². The zero-order valence-corrected chi connectivity index (χ0v) is 11.6. The number of primary amides is 1. The SMILES string of the molecule is CCOC(=O)Nc1ccc(NC(=O)C(N)CC(N)=O)cc1. The Morgan fingerprint density at radius 1 is 1.14 bits per heavy atom. The van der Waals surface area contributed by atoms with Gasteiger partial charge in [-0.1, -0.05) is 0 Å². The molecule has 8 heteroatoms. The summed E-state index contributed by atoms with van der Waals surface area (Å²) in [4.78, 5) is 33.5. The lowest BCUT2D eigenvalue weighted by Gasteiger charge is -2.11. The van der Waals surface area contributed by atoms with Crippen molar-refractivity contribution in [2.75, 3.05) is 17.2 Å². The van der Waals surface area contributed by atoms with E-state index in [1.807, 2.05) is 0 Å². The first-order valence-electron chi connectivity index (χ1n) is 6.31. The third kappa shape index (κ3) is 5.91. The molecular weight excluding hydrogens is 276 g/mol. The van der Waals surface area contributed by atoms with Gasteiger partial charge in [-0.05, 0) is 31.2 Å².